The van der Waals surface area contributed by atoms with Crippen LogP contribution in [0.25, 0.3) is 5.57 Å². The molecule has 1 aliphatic carbocycles. The van der Waals surface area contributed by atoms with E-state index in [9.17, 15) is 13.2 Å². The van der Waals surface area contributed by atoms with Gasteiger partial charge in [0.25, 0.3) is 0 Å². The molecule has 0 amide bonds. The van der Waals surface area contributed by atoms with Crippen LogP contribution in [0.5, 0.6) is 5.75 Å². The first-order valence-corrected chi connectivity index (χ1v) is 8.56. The van der Waals surface area contributed by atoms with Gasteiger partial charge in [-0.3, -0.25) is 0 Å². The van der Waals surface area contributed by atoms with Crippen molar-refractivity contribution in [2.75, 3.05) is 6.61 Å². The summed E-state index contributed by atoms with van der Waals surface area (Å²) in [5.41, 5.74) is 6.58. The molecule has 28 heavy (non-hydrogen) atoms. The van der Waals surface area contributed by atoms with Crippen LogP contribution in [0, 0.1) is 17.5 Å². The average molecular weight is 377 g/mol. The van der Waals surface area contributed by atoms with Crippen LogP contribution in [0.3, 0.4) is 0 Å². The van der Waals surface area contributed by atoms with Crippen LogP contribution in [-0.2, 0) is 0 Å². The molecule has 0 spiro atoms. The van der Waals surface area contributed by atoms with Gasteiger partial charge in [-0.15, -0.1) is 5.73 Å². The third kappa shape index (κ3) is 3.90. The molecule has 2 aromatic carbocycles. The van der Waals surface area contributed by atoms with Crippen molar-refractivity contribution < 1.29 is 17.9 Å². The second kappa shape index (κ2) is 7.59. The second-order valence-corrected chi connectivity index (χ2v) is 6.20. The Kier molecular flexibility index (Phi) is 4.83. The van der Waals surface area contributed by atoms with Gasteiger partial charge in [0, 0.05) is 11.6 Å². The van der Waals surface area contributed by atoms with Crippen molar-refractivity contribution in [1.82, 2.24) is 0 Å². The van der Waals surface area contributed by atoms with E-state index in [0.29, 0.717) is 22.6 Å². The Morgan fingerprint density at radius 3 is 2.43 bits per heavy atom. The van der Waals surface area contributed by atoms with E-state index < -0.39 is 11.6 Å². The Morgan fingerprint density at radius 1 is 0.857 bits per heavy atom. The minimum absolute atomic E-state index is 0.240. The summed E-state index contributed by atoms with van der Waals surface area (Å²) in [4.78, 5) is 4.50. The highest BCUT2D eigenvalue weighted by molar-refractivity contribution is 6.13. The first-order valence-electron chi connectivity index (χ1n) is 8.56. The molecule has 0 saturated carbocycles. The highest BCUT2D eigenvalue weighted by Crippen LogP contribution is 2.24. The Morgan fingerprint density at radius 2 is 1.64 bits per heavy atom. The van der Waals surface area contributed by atoms with E-state index >= 15 is 0 Å². The van der Waals surface area contributed by atoms with Gasteiger partial charge in [0.05, 0.1) is 11.4 Å². The molecule has 2 aromatic rings. The molecule has 0 unspecified atom stereocenters. The van der Waals surface area contributed by atoms with Gasteiger partial charge >= 0.3 is 0 Å². The average Bonchev–Trinajstić information content (AvgIpc) is 3.05. The maximum Gasteiger partial charge on any atom is 0.159 e. The number of hydrogen-bond donors (Lipinski definition) is 0. The van der Waals surface area contributed by atoms with Gasteiger partial charge in [-0.05, 0) is 59.7 Å². The Bertz CT molecular complexity index is 1120. The summed E-state index contributed by atoms with van der Waals surface area (Å²) in [6, 6.07) is 9.55. The van der Waals surface area contributed by atoms with Crippen molar-refractivity contribution in [3.05, 3.63) is 113 Å². The summed E-state index contributed by atoms with van der Waals surface area (Å²) >= 11 is 0. The Hall–Kier alpha value is -3.56. The summed E-state index contributed by atoms with van der Waals surface area (Å²) in [5, 5.41) is 0. The Balaban J connectivity index is 1.54. The minimum Gasteiger partial charge on any atom is -0.487 e. The van der Waals surface area contributed by atoms with Crippen LogP contribution in [0.1, 0.15) is 5.56 Å². The smallest absolute Gasteiger partial charge is 0.159 e. The van der Waals surface area contributed by atoms with Crippen molar-refractivity contribution in [2.24, 2.45) is 4.99 Å². The first kappa shape index (κ1) is 17.8. The summed E-state index contributed by atoms with van der Waals surface area (Å²) < 4.78 is 45.2. The molecular formula is C23H14F3NO. The zero-order chi connectivity index (χ0) is 19.5. The van der Waals surface area contributed by atoms with Gasteiger partial charge in [0.15, 0.2) is 11.6 Å². The maximum absolute atomic E-state index is 13.5. The normalized spacial score (nSPS) is 18.8. The molecule has 2 nitrogen and oxygen atoms in total. The molecule has 0 aromatic heterocycles. The minimum atomic E-state index is -0.895. The molecule has 1 aliphatic heterocycles. The molecule has 0 bridgehead atoms. The number of aliphatic imine (C=N–C) groups is 1. The third-order valence-corrected chi connectivity index (χ3v) is 4.24. The summed E-state index contributed by atoms with van der Waals surface area (Å²) in [7, 11) is 0. The van der Waals surface area contributed by atoms with Crippen LogP contribution >= 0.6 is 0 Å². The fourth-order valence-corrected chi connectivity index (χ4v) is 2.81. The number of allylic oxidation sites excluding steroid dienone is 6. The fraction of sp³-hybridized carbons (Fsp3) is 0.0435. The topological polar surface area (TPSA) is 21.6 Å². The maximum atomic E-state index is 13.5. The van der Waals surface area contributed by atoms with Crippen molar-refractivity contribution in [1.29, 1.82) is 0 Å². The van der Waals surface area contributed by atoms with Gasteiger partial charge in [-0.1, -0.05) is 18.2 Å². The predicted octanol–water partition coefficient (Wildman–Crippen LogP) is 5.56. The zero-order valence-electron chi connectivity index (χ0n) is 14.6. The number of fused-ring (bicyclic) bond motifs is 1. The standard InChI is InChI=1S/C23H14F3NO/c24-18-7-9-20(10-8-18)28-14-19-12-17-5-4-15(2-1-3-23(17)27-19)16-6-11-21(25)22(26)13-16/h2-13H,14H2/b15-4+,17-5-. The molecule has 0 saturated heterocycles. The predicted molar refractivity (Wildman–Crippen MR) is 102 cm³/mol. The molecule has 1 heterocycles. The Labute approximate surface area is 160 Å². The SMILES string of the molecule is Fc1ccc(OCC2=C/C3=C/C=C(/c4ccc(F)c(F)c4)C=C=CC3=N2)cc1. The van der Waals surface area contributed by atoms with E-state index in [1.54, 1.807) is 30.4 Å². The van der Waals surface area contributed by atoms with Crippen molar-refractivity contribution in [3.63, 3.8) is 0 Å². The van der Waals surface area contributed by atoms with Crippen LogP contribution in [0.4, 0.5) is 13.2 Å². The van der Waals surface area contributed by atoms with Crippen LogP contribution in [0.15, 0.2) is 94.8 Å². The first-order chi connectivity index (χ1) is 13.6. The van der Waals surface area contributed by atoms with Crippen LogP contribution in [-0.4, -0.2) is 12.3 Å². The molecule has 0 fully saturated rings. The second-order valence-electron chi connectivity index (χ2n) is 6.20. The van der Waals surface area contributed by atoms with E-state index in [1.807, 2.05) is 12.2 Å². The van der Waals surface area contributed by atoms with Gasteiger partial charge in [-0.25, -0.2) is 18.2 Å². The molecule has 2 aliphatic rings. The van der Waals surface area contributed by atoms with Gasteiger partial charge in [-0.2, -0.15) is 0 Å². The molecule has 0 radical (unpaired) electrons. The summed E-state index contributed by atoms with van der Waals surface area (Å²) in [6.07, 6.45) is 8.95. The number of rotatable bonds is 4. The molecular weight excluding hydrogens is 363 g/mol. The van der Waals surface area contributed by atoms with E-state index in [1.165, 1.54) is 18.2 Å². The van der Waals surface area contributed by atoms with E-state index in [0.717, 1.165) is 23.4 Å². The van der Waals surface area contributed by atoms with E-state index in [-0.39, 0.29) is 12.4 Å². The number of hydrogen-bond acceptors (Lipinski definition) is 2. The van der Waals surface area contributed by atoms with Gasteiger partial charge < -0.3 is 4.74 Å². The fourth-order valence-electron chi connectivity index (χ4n) is 2.81. The van der Waals surface area contributed by atoms with Gasteiger partial charge in [0.2, 0.25) is 0 Å². The lowest BCUT2D eigenvalue weighted by molar-refractivity contribution is 0.350. The number of halogens is 3. The zero-order valence-corrected chi connectivity index (χ0v) is 14.6. The molecule has 0 N–H and O–H groups in total. The molecule has 138 valence electrons. The number of nitrogens with zero attached hydrogens (tertiary/aromatic N) is 1. The largest absolute Gasteiger partial charge is 0.487 e. The number of benzene rings is 2. The van der Waals surface area contributed by atoms with Gasteiger partial charge in [0.1, 0.15) is 18.2 Å². The molecule has 4 rings (SSSR count). The van der Waals surface area contributed by atoms with Crippen molar-refractivity contribution in [2.45, 2.75) is 0 Å². The highest BCUT2D eigenvalue weighted by Gasteiger charge is 2.14. The van der Waals surface area contributed by atoms with Crippen molar-refractivity contribution in [3.8, 4) is 5.75 Å². The lowest BCUT2D eigenvalue weighted by Crippen LogP contribution is -1.98. The van der Waals surface area contributed by atoms with Crippen LogP contribution in [0.2, 0.25) is 0 Å². The lowest BCUT2D eigenvalue weighted by atomic mass is 10.0. The molecule has 0 atom stereocenters. The quantitative estimate of drug-likeness (QED) is 0.640. The lowest BCUT2D eigenvalue weighted by Gasteiger charge is -2.04. The molecule has 5 heteroatoms. The number of ether oxygens (including phenoxy) is 1. The summed E-state index contributed by atoms with van der Waals surface area (Å²) in [5.74, 6) is -1.55. The van der Waals surface area contributed by atoms with Crippen molar-refractivity contribution >= 4 is 11.3 Å². The summed E-state index contributed by atoms with van der Waals surface area (Å²) in [6.45, 7) is 0.240. The van der Waals surface area contributed by atoms with E-state index in [4.69, 9.17) is 4.74 Å². The van der Waals surface area contributed by atoms with E-state index in [2.05, 4.69) is 10.7 Å². The third-order valence-electron chi connectivity index (χ3n) is 4.24. The van der Waals surface area contributed by atoms with Crippen LogP contribution < -0.4 is 4.74 Å². The highest BCUT2D eigenvalue weighted by atomic mass is 19.2. The monoisotopic (exact) mass is 377 g/mol.